The van der Waals surface area contributed by atoms with Gasteiger partial charge in [0.15, 0.2) is 11.0 Å². The summed E-state index contributed by atoms with van der Waals surface area (Å²) in [5.41, 5.74) is 0.600. The predicted molar refractivity (Wildman–Crippen MR) is 113 cm³/mol. The van der Waals surface area contributed by atoms with E-state index in [0.29, 0.717) is 17.2 Å². The van der Waals surface area contributed by atoms with Crippen LogP contribution in [0.15, 0.2) is 40.9 Å². The Bertz CT molecular complexity index is 925. The fourth-order valence-corrected chi connectivity index (χ4v) is 4.11. The van der Waals surface area contributed by atoms with Gasteiger partial charge in [0, 0.05) is 12.6 Å². The van der Waals surface area contributed by atoms with E-state index in [9.17, 15) is 4.79 Å². The first-order valence-electron chi connectivity index (χ1n) is 8.78. The number of carbonyl (C=O) groups is 1. The van der Waals surface area contributed by atoms with Crippen molar-refractivity contribution >= 4 is 34.7 Å². The van der Waals surface area contributed by atoms with Gasteiger partial charge in [-0.1, -0.05) is 24.8 Å². The molecule has 3 rings (SSSR count). The molecule has 28 heavy (non-hydrogen) atoms. The highest BCUT2D eigenvalue weighted by molar-refractivity contribution is 7.99. The Labute approximate surface area is 172 Å². The molecule has 1 N–H and O–H groups in total. The molecule has 1 amide bonds. The average molecular weight is 419 g/mol. The number of aromatic nitrogens is 3. The summed E-state index contributed by atoms with van der Waals surface area (Å²) in [6.45, 7) is 2.91. The standard InChI is InChI=1S/C19H22N4O3S2/c1-4-9-23-18(16-6-5-10-27-16)21-22-19(23)28-12-17(24)20-14-8-7-13(25-2)11-15(14)26-3/h5-8,10-11H,4,9,12H2,1-3H3,(H,20,24). The van der Waals surface area contributed by atoms with Crippen LogP contribution in [0.4, 0.5) is 5.69 Å². The van der Waals surface area contributed by atoms with Gasteiger partial charge in [0.1, 0.15) is 11.5 Å². The molecule has 0 atom stereocenters. The maximum Gasteiger partial charge on any atom is 0.234 e. The van der Waals surface area contributed by atoms with Gasteiger partial charge >= 0.3 is 0 Å². The first kappa shape index (κ1) is 20.2. The van der Waals surface area contributed by atoms with E-state index in [4.69, 9.17) is 9.47 Å². The smallest absolute Gasteiger partial charge is 0.234 e. The number of hydrogen-bond donors (Lipinski definition) is 1. The number of carbonyl (C=O) groups excluding carboxylic acids is 1. The Morgan fingerprint density at radius 2 is 2.11 bits per heavy atom. The number of anilines is 1. The minimum Gasteiger partial charge on any atom is -0.497 e. The van der Waals surface area contributed by atoms with Gasteiger partial charge in [-0.2, -0.15) is 0 Å². The third-order valence-corrected chi connectivity index (χ3v) is 5.75. The number of nitrogens with one attached hydrogen (secondary N) is 1. The van der Waals surface area contributed by atoms with Crippen molar-refractivity contribution in [1.82, 2.24) is 14.8 Å². The predicted octanol–water partition coefficient (Wildman–Crippen LogP) is 4.16. The zero-order valence-corrected chi connectivity index (χ0v) is 17.6. The first-order valence-corrected chi connectivity index (χ1v) is 10.6. The lowest BCUT2D eigenvalue weighted by molar-refractivity contribution is -0.113. The number of nitrogens with zero attached hydrogens (tertiary/aromatic N) is 3. The Balaban J connectivity index is 1.68. The molecule has 0 aliphatic carbocycles. The molecule has 1 aromatic carbocycles. The number of benzene rings is 1. The molecule has 0 aliphatic heterocycles. The molecule has 0 saturated carbocycles. The number of methoxy groups -OCH3 is 2. The van der Waals surface area contributed by atoms with Gasteiger partial charge in [-0.3, -0.25) is 4.79 Å². The van der Waals surface area contributed by atoms with Crippen LogP contribution in [0.3, 0.4) is 0 Å². The van der Waals surface area contributed by atoms with Crippen LogP contribution in [-0.4, -0.2) is 40.6 Å². The zero-order chi connectivity index (χ0) is 19.9. The maximum absolute atomic E-state index is 12.4. The highest BCUT2D eigenvalue weighted by atomic mass is 32.2. The second kappa shape index (κ2) is 9.61. The molecular weight excluding hydrogens is 396 g/mol. The number of rotatable bonds is 9. The van der Waals surface area contributed by atoms with Gasteiger partial charge in [0.25, 0.3) is 0 Å². The lowest BCUT2D eigenvalue weighted by atomic mass is 10.2. The van der Waals surface area contributed by atoms with Gasteiger partial charge in [-0.05, 0) is 30.0 Å². The summed E-state index contributed by atoms with van der Waals surface area (Å²) in [7, 11) is 3.14. The molecule has 0 bridgehead atoms. The van der Waals surface area contributed by atoms with Crippen molar-refractivity contribution in [2.24, 2.45) is 0 Å². The lowest BCUT2D eigenvalue weighted by Gasteiger charge is -2.12. The summed E-state index contributed by atoms with van der Waals surface area (Å²) in [5.74, 6) is 2.14. The van der Waals surface area contributed by atoms with Crippen LogP contribution in [0.25, 0.3) is 10.7 Å². The number of amides is 1. The number of ether oxygens (including phenoxy) is 2. The van der Waals surface area contributed by atoms with Crippen molar-refractivity contribution in [3.05, 3.63) is 35.7 Å². The third-order valence-electron chi connectivity index (χ3n) is 3.92. The normalized spacial score (nSPS) is 10.7. The summed E-state index contributed by atoms with van der Waals surface area (Å²) in [5, 5.41) is 14.2. The van der Waals surface area contributed by atoms with Gasteiger partial charge in [-0.15, -0.1) is 21.5 Å². The van der Waals surface area contributed by atoms with Crippen LogP contribution in [0.5, 0.6) is 11.5 Å². The van der Waals surface area contributed by atoms with Crippen molar-refractivity contribution < 1.29 is 14.3 Å². The lowest BCUT2D eigenvalue weighted by Crippen LogP contribution is -2.15. The Morgan fingerprint density at radius 1 is 1.25 bits per heavy atom. The topological polar surface area (TPSA) is 78.3 Å². The van der Waals surface area contributed by atoms with Crippen molar-refractivity contribution in [2.75, 3.05) is 25.3 Å². The van der Waals surface area contributed by atoms with Crippen LogP contribution in [0.2, 0.25) is 0 Å². The molecule has 2 aromatic heterocycles. The van der Waals surface area contributed by atoms with Crippen LogP contribution >= 0.6 is 23.1 Å². The monoisotopic (exact) mass is 418 g/mol. The second-order valence-corrected chi connectivity index (χ2v) is 7.73. The summed E-state index contributed by atoms with van der Waals surface area (Å²) in [6, 6.07) is 9.28. The fraction of sp³-hybridized carbons (Fsp3) is 0.316. The molecule has 0 unspecified atom stereocenters. The van der Waals surface area contributed by atoms with Crippen molar-refractivity contribution in [3.8, 4) is 22.2 Å². The SMILES string of the molecule is CCCn1c(SCC(=O)Nc2ccc(OC)cc2OC)nnc1-c1cccs1. The highest BCUT2D eigenvalue weighted by Crippen LogP contribution is 2.30. The number of hydrogen-bond acceptors (Lipinski definition) is 7. The van der Waals surface area contributed by atoms with E-state index in [0.717, 1.165) is 28.8 Å². The van der Waals surface area contributed by atoms with Crippen LogP contribution in [0, 0.1) is 0 Å². The Morgan fingerprint density at radius 3 is 2.79 bits per heavy atom. The molecule has 3 aromatic rings. The van der Waals surface area contributed by atoms with E-state index in [1.54, 1.807) is 43.8 Å². The van der Waals surface area contributed by atoms with E-state index >= 15 is 0 Å². The second-order valence-electron chi connectivity index (χ2n) is 5.84. The van der Waals surface area contributed by atoms with Gasteiger partial charge in [-0.25, -0.2) is 0 Å². The van der Waals surface area contributed by atoms with Crippen molar-refractivity contribution in [1.29, 1.82) is 0 Å². The fourth-order valence-electron chi connectivity index (χ4n) is 2.63. The largest absolute Gasteiger partial charge is 0.497 e. The molecular formula is C19H22N4O3S2. The van der Waals surface area contributed by atoms with Crippen LogP contribution in [-0.2, 0) is 11.3 Å². The quantitative estimate of drug-likeness (QED) is 0.526. The maximum atomic E-state index is 12.4. The van der Waals surface area contributed by atoms with E-state index in [-0.39, 0.29) is 11.7 Å². The summed E-state index contributed by atoms with van der Waals surface area (Å²) < 4.78 is 12.6. The molecule has 0 saturated heterocycles. The Kier molecular flexibility index (Phi) is 6.94. The average Bonchev–Trinajstić information content (AvgIpc) is 3.37. The van der Waals surface area contributed by atoms with Crippen LogP contribution < -0.4 is 14.8 Å². The van der Waals surface area contributed by atoms with E-state index in [2.05, 4.69) is 27.0 Å². The van der Waals surface area contributed by atoms with Crippen LogP contribution in [0.1, 0.15) is 13.3 Å². The molecule has 0 fully saturated rings. The molecule has 9 heteroatoms. The molecule has 0 aliphatic rings. The molecule has 148 valence electrons. The highest BCUT2D eigenvalue weighted by Gasteiger charge is 2.16. The van der Waals surface area contributed by atoms with Gasteiger partial charge < -0.3 is 19.4 Å². The van der Waals surface area contributed by atoms with Crippen molar-refractivity contribution in [3.63, 3.8) is 0 Å². The summed E-state index contributed by atoms with van der Waals surface area (Å²) in [6.07, 6.45) is 0.958. The molecule has 7 nitrogen and oxygen atoms in total. The summed E-state index contributed by atoms with van der Waals surface area (Å²) >= 11 is 3.00. The van der Waals surface area contributed by atoms with E-state index < -0.39 is 0 Å². The zero-order valence-electron chi connectivity index (χ0n) is 16.0. The molecule has 0 radical (unpaired) electrons. The van der Waals surface area contributed by atoms with Gasteiger partial charge in [0.05, 0.1) is 30.5 Å². The number of thioether (sulfide) groups is 1. The van der Waals surface area contributed by atoms with Crippen molar-refractivity contribution in [2.45, 2.75) is 25.0 Å². The van der Waals surface area contributed by atoms with E-state index in [1.807, 2.05) is 17.5 Å². The molecule has 0 spiro atoms. The van der Waals surface area contributed by atoms with E-state index in [1.165, 1.54) is 11.8 Å². The number of thiophene rings is 1. The Hall–Kier alpha value is -2.52. The summed E-state index contributed by atoms with van der Waals surface area (Å²) in [4.78, 5) is 13.5. The first-order chi connectivity index (χ1) is 13.7. The minimum absolute atomic E-state index is 0.141. The van der Waals surface area contributed by atoms with Gasteiger partial charge in [0.2, 0.25) is 5.91 Å². The minimum atomic E-state index is -0.141. The third kappa shape index (κ3) is 4.66. The molecule has 2 heterocycles.